The summed E-state index contributed by atoms with van der Waals surface area (Å²) in [5, 5.41) is 8.42. The number of hydrogen-bond acceptors (Lipinski definition) is 3. The quantitative estimate of drug-likeness (QED) is 0.809. The van der Waals surface area contributed by atoms with E-state index in [4.69, 9.17) is 0 Å². The van der Waals surface area contributed by atoms with Crippen molar-refractivity contribution in [3.05, 3.63) is 30.3 Å². The zero-order chi connectivity index (χ0) is 10.8. The van der Waals surface area contributed by atoms with Crippen LogP contribution in [0.2, 0.25) is 0 Å². The summed E-state index contributed by atoms with van der Waals surface area (Å²) in [5.41, 5.74) is 1.33. The summed E-state index contributed by atoms with van der Waals surface area (Å²) in [6, 6.07) is 11.4. The molecule has 3 heteroatoms. The Morgan fingerprint density at radius 1 is 1.12 bits per heavy atom. The normalized spacial score (nSPS) is 26.5. The lowest BCUT2D eigenvalue weighted by atomic mass is 10.1. The molecule has 1 atom stereocenters. The fourth-order valence-electron chi connectivity index (χ4n) is 2.66. The lowest BCUT2D eigenvalue weighted by molar-refractivity contribution is 0.0909. The van der Waals surface area contributed by atoms with Gasteiger partial charge < -0.3 is 10.3 Å². The highest BCUT2D eigenvalue weighted by Crippen LogP contribution is 2.25. The van der Waals surface area contributed by atoms with Gasteiger partial charge in [0.1, 0.15) is 0 Å². The molecule has 16 heavy (non-hydrogen) atoms. The van der Waals surface area contributed by atoms with Crippen LogP contribution >= 0.6 is 0 Å². The van der Waals surface area contributed by atoms with Gasteiger partial charge >= 0.3 is 0 Å². The molecular formula is C13H19N3. The zero-order valence-corrected chi connectivity index (χ0v) is 9.60. The second kappa shape index (κ2) is 4.44. The number of hydrogen-bond donors (Lipinski definition) is 1. The minimum absolute atomic E-state index is 0.697. The van der Waals surface area contributed by atoms with Crippen LogP contribution in [0.25, 0.3) is 0 Å². The van der Waals surface area contributed by atoms with Gasteiger partial charge in [0.15, 0.2) is 0 Å². The average Bonchev–Trinajstić information content (AvgIpc) is 2.30. The van der Waals surface area contributed by atoms with Gasteiger partial charge in [-0.25, -0.2) is 5.01 Å². The van der Waals surface area contributed by atoms with Crippen molar-refractivity contribution in [3.8, 4) is 0 Å². The van der Waals surface area contributed by atoms with E-state index in [2.05, 4.69) is 45.7 Å². The van der Waals surface area contributed by atoms with Crippen molar-refractivity contribution in [2.24, 2.45) is 0 Å². The third kappa shape index (κ3) is 1.81. The molecular weight excluding hydrogens is 198 g/mol. The maximum Gasteiger partial charge on any atom is 0.0522 e. The lowest BCUT2D eigenvalue weighted by Gasteiger charge is -2.51. The Balaban J connectivity index is 1.69. The van der Waals surface area contributed by atoms with E-state index in [1.54, 1.807) is 0 Å². The molecule has 0 amide bonds. The van der Waals surface area contributed by atoms with E-state index >= 15 is 0 Å². The Bertz CT molecular complexity index is 332. The summed E-state index contributed by atoms with van der Waals surface area (Å²) in [7, 11) is 0. The van der Waals surface area contributed by atoms with E-state index in [-0.39, 0.29) is 0 Å². The molecule has 0 radical (unpaired) electrons. The summed E-state index contributed by atoms with van der Waals surface area (Å²) in [5.74, 6) is 0. The van der Waals surface area contributed by atoms with Gasteiger partial charge in [-0.2, -0.15) is 0 Å². The number of piperidine rings is 1. The number of benzene rings is 1. The monoisotopic (exact) mass is 217 g/mol. The molecule has 1 N–H and O–H groups in total. The predicted octanol–water partition coefficient (Wildman–Crippen LogP) is 1.48. The topological polar surface area (TPSA) is 18.5 Å². The molecule has 2 saturated heterocycles. The van der Waals surface area contributed by atoms with Crippen LogP contribution in [0.4, 0.5) is 5.69 Å². The summed E-state index contributed by atoms with van der Waals surface area (Å²) in [6.07, 6.45) is 2.64. The van der Waals surface area contributed by atoms with Gasteiger partial charge in [-0.05, 0) is 31.5 Å². The van der Waals surface area contributed by atoms with Crippen molar-refractivity contribution in [1.82, 2.24) is 10.3 Å². The molecule has 86 valence electrons. The third-order valence-electron chi connectivity index (χ3n) is 3.60. The molecule has 3 nitrogen and oxygen atoms in total. The Morgan fingerprint density at radius 3 is 2.62 bits per heavy atom. The SMILES string of the molecule is c1ccc(N2CCN2C2CCCNC2)cc1. The fraction of sp³-hybridized carbons (Fsp3) is 0.538. The summed E-state index contributed by atoms with van der Waals surface area (Å²) < 4.78 is 0. The number of rotatable bonds is 2. The largest absolute Gasteiger partial charge is 0.315 e. The molecule has 1 unspecified atom stereocenters. The van der Waals surface area contributed by atoms with Crippen molar-refractivity contribution in [2.75, 3.05) is 31.2 Å². The molecule has 2 fully saturated rings. The first-order chi connectivity index (χ1) is 7.95. The molecule has 0 aliphatic carbocycles. The van der Waals surface area contributed by atoms with Gasteiger partial charge in [-0.15, -0.1) is 0 Å². The molecule has 1 aromatic carbocycles. The van der Waals surface area contributed by atoms with Crippen LogP contribution in [0.3, 0.4) is 0 Å². The number of nitrogens with zero attached hydrogens (tertiary/aromatic N) is 2. The first kappa shape index (κ1) is 10.1. The molecule has 0 saturated carbocycles. The second-order valence-corrected chi connectivity index (χ2v) is 4.62. The highest BCUT2D eigenvalue weighted by Gasteiger charge is 2.32. The Hall–Kier alpha value is -1.06. The molecule has 2 aliphatic rings. The van der Waals surface area contributed by atoms with Crippen LogP contribution in [0, 0.1) is 0 Å². The van der Waals surface area contributed by atoms with Gasteiger partial charge in [-0.3, -0.25) is 0 Å². The van der Waals surface area contributed by atoms with E-state index in [0.29, 0.717) is 6.04 Å². The minimum Gasteiger partial charge on any atom is -0.315 e. The summed E-state index contributed by atoms with van der Waals surface area (Å²) in [6.45, 7) is 4.71. The molecule has 0 spiro atoms. The van der Waals surface area contributed by atoms with Crippen LogP contribution < -0.4 is 10.3 Å². The minimum atomic E-state index is 0.697. The Kier molecular flexibility index (Phi) is 2.80. The van der Waals surface area contributed by atoms with Crippen LogP contribution in [-0.2, 0) is 0 Å². The van der Waals surface area contributed by atoms with Gasteiger partial charge in [0.05, 0.1) is 5.69 Å². The van der Waals surface area contributed by atoms with Gasteiger partial charge in [0.25, 0.3) is 0 Å². The van der Waals surface area contributed by atoms with E-state index in [1.807, 2.05) is 0 Å². The van der Waals surface area contributed by atoms with Crippen LogP contribution in [0.1, 0.15) is 12.8 Å². The van der Waals surface area contributed by atoms with E-state index in [9.17, 15) is 0 Å². The van der Waals surface area contributed by atoms with Crippen molar-refractivity contribution in [3.63, 3.8) is 0 Å². The second-order valence-electron chi connectivity index (χ2n) is 4.62. The van der Waals surface area contributed by atoms with E-state index < -0.39 is 0 Å². The van der Waals surface area contributed by atoms with Crippen LogP contribution in [-0.4, -0.2) is 37.2 Å². The van der Waals surface area contributed by atoms with E-state index in [1.165, 1.54) is 38.2 Å². The average molecular weight is 217 g/mol. The number of anilines is 1. The molecule has 1 aromatic rings. The number of para-hydroxylation sites is 1. The molecule has 0 aromatic heterocycles. The number of nitrogens with one attached hydrogen (secondary N) is 1. The van der Waals surface area contributed by atoms with Gasteiger partial charge in [0.2, 0.25) is 0 Å². The Morgan fingerprint density at radius 2 is 2.00 bits per heavy atom. The maximum absolute atomic E-state index is 3.49. The first-order valence-corrected chi connectivity index (χ1v) is 6.25. The number of hydrazine groups is 1. The predicted molar refractivity (Wildman–Crippen MR) is 66.4 cm³/mol. The highest BCUT2D eigenvalue weighted by molar-refractivity contribution is 5.46. The third-order valence-corrected chi connectivity index (χ3v) is 3.60. The van der Waals surface area contributed by atoms with Crippen molar-refractivity contribution >= 4 is 5.69 Å². The summed E-state index contributed by atoms with van der Waals surface area (Å²) in [4.78, 5) is 0. The maximum atomic E-state index is 3.49. The van der Waals surface area contributed by atoms with Gasteiger partial charge in [-0.1, -0.05) is 18.2 Å². The Labute approximate surface area is 97.0 Å². The molecule has 2 aliphatic heterocycles. The zero-order valence-electron chi connectivity index (χ0n) is 9.60. The lowest BCUT2D eigenvalue weighted by Crippen LogP contribution is -2.64. The molecule has 2 heterocycles. The standard InChI is InChI=1S/C13H19N3/c1-2-5-12(6-3-1)15-9-10-16(15)13-7-4-8-14-11-13/h1-3,5-6,13-14H,4,7-11H2. The van der Waals surface area contributed by atoms with Gasteiger partial charge in [0, 0.05) is 25.7 Å². The molecule has 3 rings (SSSR count). The van der Waals surface area contributed by atoms with Crippen LogP contribution in [0.15, 0.2) is 30.3 Å². The first-order valence-electron chi connectivity index (χ1n) is 6.25. The van der Waals surface area contributed by atoms with E-state index in [0.717, 1.165) is 6.54 Å². The molecule has 0 bridgehead atoms. The van der Waals surface area contributed by atoms with Crippen molar-refractivity contribution < 1.29 is 0 Å². The smallest absolute Gasteiger partial charge is 0.0522 e. The summed E-state index contributed by atoms with van der Waals surface area (Å²) >= 11 is 0. The fourth-order valence-corrected chi connectivity index (χ4v) is 2.66. The highest BCUT2D eigenvalue weighted by atomic mass is 15.7. The van der Waals surface area contributed by atoms with Crippen molar-refractivity contribution in [2.45, 2.75) is 18.9 Å². The van der Waals surface area contributed by atoms with Crippen molar-refractivity contribution in [1.29, 1.82) is 0 Å². The van der Waals surface area contributed by atoms with Crippen LogP contribution in [0.5, 0.6) is 0 Å².